The monoisotopic (exact) mass is 336 g/mol. The van der Waals surface area contributed by atoms with Gasteiger partial charge >= 0.3 is 0 Å². The minimum atomic E-state index is -3.60. The van der Waals surface area contributed by atoms with Crippen LogP contribution in [0, 0.1) is 20.8 Å². The van der Waals surface area contributed by atoms with Gasteiger partial charge in [0.1, 0.15) is 0 Å². The molecule has 122 valence electrons. The van der Waals surface area contributed by atoms with Crippen LogP contribution in [-0.4, -0.2) is 8.42 Å². The molecule has 0 spiro atoms. The molecule has 0 bridgehead atoms. The molecular weight excluding hydrogens is 316 g/mol. The molecule has 24 heavy (non-hydrogen) atoms. The molecule has 3 aromatic carbocycles. The van der Waals surface area contributed by atoms with Crippen LogP contribution in [0.25, 0.3) is 11.1 Å². The van der Waals surface area contributed by atoms with Gasteiger partial charge in [-0.15, -0.1) is 0 Å². The summed E-state index contributed by atoms with van der Waals surface area (Å²) in [7, 11) is -3.60. The lowest BCUT2D eigenvalue weighted by molar-refractivity contribution is 0.595. The lowest BCUT2D eigenvalue weighted by Crippen LogP contribution is -2.08. The minimum absolute atomic E-state index is 0.353. The van der Waals surface area contributed by atoms with E-state index >= 15 is 0 Å². The van der Waals surface area contributed by atoms with Crippen molar-refractivity contribution < 1.29 is 8.42 Å². The molecule has 0 N–H and O–H groups in total. The molecule has 0 saturated carbocycles. The highest BCUT2D eigenvalue weighted by molar-refractivity contribution is 7.91. The summed E-state index contributed by atoms with van der Waals surface area (Å²) < 4.78 is 26.8. The van der Waals surface area contributed by atoms with Crippen molar-refractivity contribution in [1.82, 2.24) is 0 Å². The lowest BCUT2D eigenvalue weighted by Gasteiger charge is -2.15. The van der Waals surface area contributed by atoms with Crippen LogP contribution in [0.5, 0.6) is 0 Å². The SMILES string of the molecule is Cc1cc(C)c(S(=O)(=O)c2ccccc2-c2ccccc2)c(C)c1. The van der Waals surface area contributed by atoms with Gasteiger partial charge in [-0.2, -0.15) is 0 Å². The van der Waals surface area contributed by atoms with E-state index < -0.39 is 9.84 Å². The lowest BCUT2D eigenvalue weighted by atomic mass is 10.1. The molecule has 0 radical (unpaired) electrons. The fraction of sp³-hybridized carbons (Fsp3) is 0.143. The zero-order chi connectivity index (χ0) is 17.3. The fourth-order valence-corrected chi connectivity index (χ4v) is 5.18. The van der Waals surface area contributed by atoms with Crippen LogP contribution in [0.1, 0.15) is 16.7 Å². The molecule has 0 heterocycles. The summed E-state index contributed by atoms with van der Waals surface area (Å²) in [6, 6.07) is 20.7. The van der Waals surface area contributed by atoms with Crippen molar-refractivity contribution in [3.63, 3.8) is 0 Å². The van der Waals surface area contributed by atoms with Gasteiger partial charge in [0.05, 0.1) is 9.79 Å². The summed E-state index contributed by atoms with van der Waals surface area (Å²) in [6.45, 7) is 5.70. The highest BCUT2D eigenvalue weighted by atomic mass is 32.2. The summed E-state index contributed by atoms with van der Waals surface area (Å²) in [6.07, 6.45) is 0. The molecule has 0 atom stereocenters. The van der Waals surface area contributed by atoms with Gasteiger partial charge in [0.25, 0.3) is 0 Å². The summed E-state index contributed by atoms with van der Waals surface area (Å²) in [4.78, 5) is 0.766. The molecule has 3 heteroatoms. The van der Waals surface area contributed by atoms with Crippen molar-refractivity contribution in [2.45, 2.75) is 30.6 Å². The number of aryl methyl sites for hydroxylation is 3. The van der Waals surface area contributed by atoms with Gasteiger partial charge in [-0.3, -0.25) is 0 Å². The molecule has 0 unspecified atom stereocenters. The third-order valence-corrected chi connectivity index (χ3v) is 6.25. The number of sulfone groups is 1. The van der Waals surface area contributed by atoms with E-state index in [-0.39, 0.29) is 0 Å². The van der Waals surface area contributed by atoms with Crippen LogP contribution in [0.15, 0.2) is 76.5 Å². The molecular formula is C21H20O2S. The predicted octanol–water partition coefficient (Wildman–Crippen LogP) is 5.11. The smallest absolute Gasteiger partial charge is 0.207 e. The van der Waals surface area contributed by atoms with E-state index in [0.717, 1.165) is 27.8 Å². The van der Waals surface area contributed by atoms with Gasteiger partial charge in [-0.05, 0) is 43.5 Å². The molecule has 3 aromatic rings. The van der Waals surface area contributed by atoms with Gasteiger partial charge in [0.15, 0.2) is 0 Å². The molecule has 0 aromatic heterocycles. The van der Waals surface area contributed by atoms with Crippen LogP contribution in [0.4, 0.5) is 0 Å². The average Bonchev–Trinajstić information content (AvgIpc) is 2.54. The highest BCUT2D eigenvalue weighted by Gasteiger charge is 2.25. The third-order valence-electron chi connectivity index (χ3n) is 4.13. The van der Waals surface area contributed by atoms with Gasteiger partial charge in [-0.1, -0.05) is 66.2 Å². The zero-order valence-electron chi connectivity index (χ0n) is 14.1. The largest absolute Gasteiger partial charge is 0.218 e. The maximum absolute atomic E-state index is 13.4. The third kappa shape index (κ3) is 2.87. The first-order valence-electron chi connectivity index (χ1n) is 7.88. The van der Waals surface area contributed by atoms with Gasteiger partial charge in [0, 0.05) is 5.56 Å². The van der Waals surface area contributed by atoms with Gasteiger partial charge < -0.3 is 0 Å². The fourth-order valence-electron chi connectivity index (χ4n) is 3.26. The second kappa shape index (κ2) is 6.25. The summed E-state index contributed by atoms with van der Waals surface area (Å²) in [5.41, 5.74) is 4.28. The molecule has 3 rings (SSSR count). The number of hydrogen-bond donors (Lipinski definition) is 0. The van der Waals surface area contributed by atoms with Crippen molar-refractivity contribution in [3.8, 4) is 11.1 Å². The molecule has 0 fully saturated rings. The maximum atomic E-state index is 13.4. The van der Waals surface area contributed by atoms with Crippen molar-refractivity contribution in [2.24, 2.45) is 0 Å². The van der Waals surface area contributed by atoms with E-state index in [4.69, 9.17) is 0 Å². The van der Waals surface area contributed by atoms with Crippen LogP contribution >= 0.6 is 0 Å². The Kier molecular flexibility index (Phi) is 4.29. The Morgan fingerprint density at radius 3 is 1.88 bits per heavy atom. The van der Waals surface area contributed by atoms with E-state index in [9.17, 15) is 8.42 Å². The van der Waals surface area contributed by atoms with Gasteiger partial charge in [0.2, 0.25) is 9.84 Å². The molecule has 0 aliphatic rings. The Hall–Kier alpha value is -2.39. The van der Waals surface area contributed by atoms with E-state index in [1.807, 2.05) is 75.4 Å². The van der Waals surface area contributed by atoms with E-state index in [1.54, 1.807) is 12.1 Å². The van der Waals surface area contributed by atoms with Crippen molar-refractivity contribution in [3.05, 3.63) is 83.4 Å². The number of rotatable bonds is 3. The van der Waals surface area contributed by atoms with Crippen LogP contribution in [0.3, 0.4) is 0 Å². The Labute approximate surface area is 143 Å². The Balaban J connectivity index is 2.27. The Morgan fingerprint density at radius 1 is 0.708 bits per heavy atom. The zero-order valence-corrected chi connectivity index (χ0v) is 14.9. The second-order valence-corrected chi connectivity index (χ2v) is 7.95. The highest BCUT2D eigenvalue weighted by Crippen LogP contribution is 2.34. The average molecular weight is 336 g/mol. The molecule has 0 amide bonds. The summed E-state index contributed by atoms with van der Waals surface area (Å²) in [5.74, 6) is 0. The first-order valence-corrected chi connectivity index (χ1v) is 9.37. The van der Waals surface area contributed by atoms with Crippen molar-refractivity contribution in [2.75, 3.05) is 0 Å². The minimum Gasteiger partial charge on any atom is -0.218 e. The molecule has 0 aliphatic heterocycles. The first-order chi connectivity index (χ1) is 11.4. The standard InChI is InChI=1S/C21H20O2S/c1-15-13-16(2)21(17(3)14-15)24(22,23)20-12-8-7-11-19(20)18-9-5-4-6-10-18/h4-14H,1-3H3. The first kappa shape index (κ1) is 16.5. The van der Waals surface area contributed by atoms with Crippen LogP contribution < -0.4 is 0 Å². The summed E-state index contributed by atoms with van der Waals surface area (Å²) in [5, 5.41) is 0. The molecule has 0 aliphatic carbocycles. The second-order valence-electron chi connectivity index (χ2n) is 6.09. The van der Waals surface area contributed by atoms with Crippen LogP contribution in [-0.2, 0) is 9.84 Å². The molecule has 0 saturated heterocycles. The number of hydrogen-bond acceptors (Lipinski definition) is 2. The van der Waals surface area contributed by atoms with Crippen LogP contribution in [0.2, 0.25) is 0 Å². The summed E-state index contributed by atoms with van der Waals surface area (Å²) >= 11 is 0. The Morgan fingerprint density at radius 2 is 1.25 bits per heavy atom. The van der Waals surface area contributed by atoms with E-state index in [1.165, 1.54) is 0 Å². The van der Waals surface area contributed by atoms with Crippen molar-refractivity contribution >= 4 is 9.84 Å². The quantitative estimate of drug-likeness (QED) is 0.666. The topological polar surface area (TPSA) is 34.1 Å². The van der Waals surface area contributed by atoms with E-state index in [2.05, 4.69) is 0 Å². The Bertz CT molecular complexity index is 964. The maximum Gasteiger partial charge on any atom is 0.207 e. The molecule has 2 nitrogen and oxygen atoms in total. The van der Waals surface area contributed by atoms with E-state index in [0.29, 0.717) is 9.79 Å². The predicted molar refractivity (Wildman–Crippen MR) is 98.0 cm³/mol. The van der Waals surface area contributed by atoms with Crippen molar-refractivity contribution in [1.29, 1.82) is 0 Å². The normalized spacial score (nSPS) is 11.5. The van der Waals surface area contributed by atoms with Gasteiger partial charge in [-0.25, -0.2) is 8.42 Å². The number of benzene rings is 3.